The number of rotatable bonds is 3. The van der Waals surface area contributed by atoms with Crippen molar-refractivity contribution in [2.75, 3.05) is 6.66 Å². The highest BCUT2D eigenvalue weighted by Gasteiger charge is 2.29. The van der Waals surface area contributed by atoms with E-state index < -0.39 is 7.41 Å². The van der Waals surface area contributed by atoms with Crippen LogP contribution in [0.3, 0.4) is 0 Å². The van der Waals surface area contributed by atoms with Crippen LogP contribution >= 0.6 is 7.41 Å². The van der Waals surface area contributed by atoms with E-state index in [9.17, 15) is 0 Å². The van der Waals surface area contributed by atoms with Crippen molar-refractivity contribution in [3.05, 3.63) is 66.2 Å². The summed E-state index contributed by atoms with van der Waals surface area (Å²) in [6.45, 7) is 2.19. The van der Waals surface area contributed by atoms with Gasteiger partial charge in [-0.15, -0.1) is 0 Å². The smallest absolute Gasteiger partial charge is 0.111 e. The molecule has 0 amide bonds. The van der Waals surface area contributed by atoms with Gasteiger partial charge in [0, 0.05) is 0 Å². The average Bonchev–Trinajstić information content (AvgIpc) is 2.31. The molecule has 90 valence electrons. The molecule has 17 heavy (non-hydrogen) atoms. The maximum absolute atomic E-state index is 6.48. The van der Waals surface area contributed by atoms with E-state index in [1.54, 1.807) is 0 Å². The second-order valence-corrected chi connectivity index (χ2v) is 7.62. The highest BCUT2D eigenvalue weighted by Crippen LogP contribution is 2.48. The van der Waals surface area contributed by atoms with E-state index in [1.807, 2.05) is 12.1 Å². The zero-order chi connectivity index (χ0) is 11.4. The highest BCUT2D eigenvalue weighted by molar-refractivity contribution is 7.79. The first-order chi connectivity index (χ1) is 7.68. The van der Waals surface area contributed by atoms with Crippen LogP contribution in [0.5, 0.6) is 0 Å². The molecule has 0 spiro atoms. The van der Waals surface area contributed by atoms with Gasteiger partial charge in [0.25, 0.3) is 0 Å². The van der Waals surface area contributed by atoms with Crippen molar-refractivity contribution in [2.24, 2.45) is 5.50 Å². The molecule has 0 fully saturated rings. The first-order valence-corrected chi connectivity index (χ1v) is 7.91. The number of halogens is 1. The van der Waals surface area contributed by atoms with E-state index in [0.29, 0.717) is 0 Å². The Morgan fingerprint density at radius 1 is 0.882 bits per heavy atom. The van der Waals surface area contributed by atoms with E-state index in [2.05, 4.69) is 55.2 Å². The normalized spacial score (nSPS) is 13.5. The molecular formula is C14H17ClNP. The van der Waals surface area contributed by atoms with Gasteiger partial charge in [0.05, 0.1) is 6.66 Å². The molecule has 1 unspecified atom stereocenters. The van der Waals surface area contributed by atoms with Gasteiger partial charge in [0.1, 0.15) is 18.9 Å². The lowest BCUT2D eigenvalue weighted by atomic mass is 10.2. The molecule has 0 aromatic heterocycles. The summed E-state index contributed by atoms with van der Waals surface area (Å²) in [5, 5.41) is 1.29. The van der Waals surface area contributed by atoms with E-state index >= 15 is 0 Å². The molecule has 2 aromatic carbocycles. The summed E-state index contributed by atoms with van der Waals surface area (Å²) in [6, 6.07) is 20.9. The monoisotopic (exact) mass is 265 g/mol. The maximum Gasteiger partial charge on any atom is 0.111 e. The molecule has 2 rings (SSSR count). The lowest BCUT2D eigenvalue weighted by Crippen LogP contribution is -3.00. The topological polar surface area (TPSA) is 26.0 Å². The van der Waals surface area contributed by atoms with Crippen LogP contribution in [0, 0.1) is 0 Å². The predicted molar refractivity (Wildman–Crippen MR) is 73.3 cm³/mol. The fourth-order valence-electron chi connectivity index (χ4n) is 1.82. The van der Waals surface area contributed by atoms with Crippen LogP contribution in [0.15, 0.2) is 60.7 Å². The number of hydrogen-bond donors (Lipinski definition) is 1. The van der Waals surface area contributed by atoms with Crippen LogP contribution in [0.1, 0.15) is 5.56 Å². The molecule has 0 radical (unpaired) electrons. The molecule has 0 bridgehead atoms. The van der Waals surface area contributed by atoms with Gasteiger partial charge in [-0.05, 0) is 17.7 Å². The highest BCUT2D eigenvalue weighted by atomic mass is 35.5. The lowest BCUT2D eigenvalue weighted by Gasteiger charge is -2.17. The van der Waals surface area contributed by atoms with Crippen molar-refractivity contribution in [2.45, 2.75) is 6.16 Å². The van der Waals surface area contributed by atoms with E-state index in [4.69, 9.17) is 5.50 Å². The molecular weight excluding hydrogens is 249 g/mol. The maximum atomic E-state index is 6.48. The van der Waals surface area contributed by atoms with E-state index in [1.165, 1.54) is 10.9 Å². The summed E-state index contributed by atoms with van der Waals surface area (Å²) >= 11 is 0. The predicted octanol–water partition coefficient (Wildman–Crippen LogP) is 0.0372. The van der Waals surface area contributed by atoms with Crippen molar-refractivity contribution in [1.82, 2.24) is 0 Å². The lowest BCUT2D eigenvalue weighted by molar-refractivity contribution is -0.00000350. The third-order valence-corrected chi connectivity index (χ3v) is 5.20. The van der Waals surface area contributed by atoms with Gasteiger partial charge < -0.3 is 12.4 Å². The van der Waals surface area contributed by atoms with Gasteiger partial charge in [0.15, 0.2) is 0 Å². The molecule has 0 saturated carbocycles. The van der Waals surface area contributed by atoms with Crippen molar-refractivity contribution < 1.29 is 12.4 Å². The molecule has 0 aliphatic heterocycles. The summed E-state index contributed by atoms with van der Waals surface area (Å²) in [5.74, 6) is 0. The minimum Gasteiger partial charge on any atom is -1.00 e. The Bertz CT molecular complexity index is 442. The molecule has 0 aliphatic rings. The van der Waals surface area contributed by atoms with E-state index in [0.717, 1.165) is 6.16 Å². The van der Waals surface area contributed by atoms with Gasteiger partial charge in [-0.1, -0.05) is 48.5 Å². The fraction of sp³-hybridized carbons (Fsp3) is 0.143. The Hall–Kier alpha value is -0.880. The molecule has 2 N–H and O–H groups in total. The van der Waals surface area contributed by atoms with Gasteiger partial charge in [-0.25, -0.2) is 5.50 Å². The Kier molecular flexibility index (Phi) is 5.14. The largest absolute Gasteiger partial charge is 1.00 e. The molecule has 0 heterocycles. The van der Waals surface area contributed by atoms with Gasteiger partial charge in [0.2, 0.25) is 0 Å². The van der Waals surface area contributed by atoms with Crippen molar-refractivity contribution >= 4 is 12.7 Å². The molecule has 1 nitrogen and oxygen atoms in total. The summed E-state index contributed by atoms with van der Waals surface area (Å²) in [6.07, 6.45) is 0.970. The van der Waals surface area contributed by atoms with Crippen LogP contribution < -0.4 is 23.2 Å². The van der Waals surface area contributed by atoms with Crippen molar-refractivity contribution in [3.63, 3.8) is 0 Å². The minimum atomic E-state index is -1.52. The van der Waals surface area contributed by atoms with Crippen LogP contribution in [0.2, 0.25) is 0 Å². The zero-order valence-electron chi connectivity index (χ0n) is 9.88. The van der Waals surface area contributed by atoms with Crippen LogP contribution in [-0.2, 0) is 6.16 Å². The summed E-state index contributed by atoms with van der Waals surface area (Å²) in [4.78, 5) is 0. The number of nitrogens with two attached hydrogens (primary N) is 1. The summed E-state index contributed by atoms with van der Waals surface area (Å²) in [5.41, 5.74) is 7.80. The third kappa shape index (κ3) is 3.81. The molecule has 0 saturated heterocycles. The second-order valence-electron chi connectivity index (χ2n) is 4.25. The Balaban J connectivity index is 0.00000144. The summed E-state index contributed by atoms with van der Waals surface area (Å²) in [7, 11) is -1.52. The van der Waals surface area contributed by atoms with Crippen molar-refractivity contribution in [1.29, 1.82) is 0 Å². The average molecular weight is 266 g/mol. The number of benzene rings is 2. The Labute approximate surface area is 110 Å². The molecule has 1 atom stereocenters. The third-order valence-electron chi connectivity index (χ3n) is 2.70. The Morgan fingerprint density at radius 3 is 1.88 bits per heavy atom. The zero-order valence-corrected chi connectivity index (χ0v) is 11.5. The molecule has 2 aromatic rings. The first kappa shape index (κ1) is 14.2. The van der Waals surface area contributed by atoms with E-state index in [-0.39, 0.29) is 12.4 Å². The SMILES string of the molecule is C[P+](N)(Cc1ccccc1)c1ccccc1.[Cl-]. The van der Waals surface area contributed by atoms with Crippen LogP contribution in [0.25, 0.3) is 0 Å². The molecule has 0 aliphatic carbocycles. The van der Waals surface area contributed by atoms with Gasteiger partial charge >= 0.3 is 0 Å². The van der Waals surface area contributed by atoms with Gasteiger partial charge in [-0.3, -0.25) is 0 Å². The summed E-state index contributed by atoms with van der Waals surface area (Å²) < 4.78 is 0. The standard InChI is InChI=1S/C14H17NP.ClH/c1-16(15,14-10-6-3-7-11-14)12-13-8-4-2-5-9-13;/h2-11H,12,15H2,1H3;1H/q+1;/p-1. The van der Waals surface area contributed by atoms with Crippen LogP contribution in [0.4, 0.5) is 0 Å². The second kappa shape index (κ2) is 6.16. The minimum absolute atomic E-state index is 0. The number of hydrogen-bond acceptors (Lipinski definition) is 1. The Morgan fingerprint density at radius 2 is 1.35 bits per heavy atom. The quantitative estimate of drug-likeness (QED) is 0.779. The molecule has 3 heteroatoms. The fourth-order valence-corrected chi connectivity index (χ4v) is 3.83. The van der Waals surface area contributed by atoms with Gasteiger partial charge in [-0.2, -0.15) is 0 Å². The van der Waals surface area contributed by atoms with Crippen LogP contribution in [-0.4, -0.2) is 6.66 Å². The van der Waals surface area contributed by atoms with Crippen molar-refractivity contribution in [3.8, 4) is 0 Å². The first-order valence-electron chi connectivity index (χ1n) is 5.42.